The Morgan fingerprint density at radius 2 is 1.77 bits per heavy atom. The first-order valence-corrected chi connectivity index (χ1v) is 10.8. The number of aromatic nitrogens is 2. The SMILES string of the molecule is Cc1ccc(-c2noc(CCC(=O)N3CCN(C/C=C/c4ccccc4)CC3)n2)cc1. The smallest absolute Gasteiger partial charge is 0.227 e. The lowest BCUT2D eigenvalue weighted by molar-refractivity contribution is -0.132. The fourth-order valence-electron chi connectivity index (χ4n) is 3.63. The van der Waals surface area contributed by atoms with E-state index in [-0.39, 0.29) is 5.91 Å². The van der Waals surface area contributed by atoms with Crippen molar-refractivity contribution < 1.29 is 9.32 Å². The van der Waals surface area contributed by atoms with Gasteiger partial charge < -0.3 is 9.42 Å². The molecule has 0 unspecified atom stereocenters. The third-order valence-corrected chi connectivity index (χ3v) is 5.53. The van der Waals surface area contributed by atoms with E-state index in [2.05, 4.69) is 39.3 Å². The molecule has 2 aromatic carbocycles. The average Bonchev–Trinajstić information content (AvgIpc) is 3.28. The molecule has 0 aliphatic carbocycles. The molecule has 1 saturated heterocycles. The molecule has 4 rings (SSSR count). The zero-order chi connectivity index (χ0) is 21.5. The highest BCUT2D eigenvalue weighted by atomic mass is 16.5. The Labute approximate surface area is 183 Å². The molecular weight excluding hydrogens is 388 g/mol. The summed E-state index contributed by atoms with van der Waals surface area (Å²) in [6, 6.07) is 18.3. The van der Waals surface area contributed by atoms with Crippen LogP contribution in [-0.4, -0.2) is 58.6 Å². The maximum Gasteiger partial charge on any atom is 0.227 e. The Kier molecular flexibility index (Phi) is 6.89. The molecule has 3 aromatic rings. The van der Waals surface area contributed by atoms with Gasteiger partial charge in [0.05, 0.1) is 0 Å². The van der Waals surface area contributed by atoms with Crippen LogP contribution in [-0.2, 0) is 11.2 Å². The topological polar surface area (TPSA) is 62.5 Å². The highest BCUT2D eigenvalue weighted by Crippen LogP contribution is 2.17. The molecule has 0 N–H and O–H groups in total. The van der Waals surface area contributed by atoms with Gasteiger partial charge in [0.1, 0.15) is 0 Å². The van der Waals surface area contributed by atoms with E-state index in [9.17, 15) is 4.79 Å². The maximum atomic E-state index is 12.6. The van der Waals surface area contributed by atoms with Gasteiger partial charge in [0.2, 0.25) is 17.6 Å². The minimum Gasteiger partial charge on any atom is -0.340 e. The van der Waals surface area contributed by atoms with Gasteiger partial charge in [0, 0.05) is 51.1 Å². The fraction of sp³-hybridized carbons (Fsp3) is 0.320. The zero-order valence-electron chi connectivity index (χ0n) is 17.9. The number of carbonyl (C=O) groups excluding carboxylic acids is 1. The van der Waals surface area contributed by atoms with Crippen molar-refractivity contribution in [1.82, 2.24) is 19.9 Å². The van der Waals surface area contributed by atoms with E-state index in [1.165, 1.54) is 11.1 Å². The van der Waals surface area contributed by atoms with Gasteiger partial charge >= 0.3 is 0 Å². The molecule has 6 heteroatoms. The van der Waals surface area contributed by atoms with Gasteiger partial charge in [-0.2, -0.15) is 4.98 Å². The molecule has 2 heterocycles. The summed E-state index contributed by atoms with van der Waals surface area (Å²) < 4.78 is 5.34. The van der Waals surface area contributed by atoms with Crippen molar-refractivity contribution in [3.8, 4) is 11.4 Å². The van der Waals surface area contributed by atoms with E-state index in [0.717, 1.165) is 38.3 Å². The van der Waals surface area contributed by atoms with Gasteiger partial charge in [0.15, 0.2) is 0 Å². The Bertz CT molecular complexity index is 1000. The lowest BCUT2D eigenvalue weighted by Gasteiger charge is -2.34. The van der Waals surface area contributed by atoms with E-state index in [0.29, 0.717) is 24.6 Å². The van der Waals surface area contributed by atoms with Gasteiger partial charge in [-0.25, -0.2) is 0 Å². The van der Waals surface area contributed by atoms with E-state index >= 15 is 0 Å². The third-order valence-electron chi connectivity index (χ3n) is 5.53. The Morgan fingerprint density at radius 3 is 2.52 bits per heavy atom. The predicted molar refractivity (Wildman–Crippen MR) is 121 cm³/mol. The number of piperazine rings is 1. The molecular formula is C25H28N4O2. The first-order chi connectivity index (χ1) is 15.2. The second kappa shape index (κ2) is 10.2. The van der Waals surface area contributed by atoms with Gasteiger partial charge in [-0.3, -0.25) is 9.69 Å². The van der Waals surface area contributed by atoms with Crippen LogP contribution >= 0.6 is 0 Å². The first-order valence-electron chi connectivity index (χ1n) is 10.8. The van der Waals surface area contributed by atoms with Gasteiger partial charge in [0.25, 0.3) is 0 Å². The van der Waals surface area contributed by atoms with Gasteiger partial charge in [-0.05, 0) is 12.5 Å². The summed E-state index contributed by atoms with van der Waals surface area (Å²) in [5.74, 6) is 1.22. The molecule has 1 aliphatic rings. The van der Waals surface area contributed by atoms with Crippen molar-refractivity contribution in [2.24, 2.45) is 0 Å². The Balaban J connectivity index is 1.20. The van der Waals surface area contributed by atoms with Crippen LogP contribution in [0.25, 0.3) is 17.5 Å². The van der Waals surface area contributed by atoms with Crippen LogP contribution in [0.1, 0.15) is 23.4 Å². The number of hydrogen-bond donors (Lipinski definition) is 0. The van der Waals surface area contributed by atoms with Crippen LogP contribution in [0.2, 0.25) is 0 Å². The van der Waals surface area contributed by atoms with Crippen molar-refractivity contribution in [1.29, 1.82) is 0 Å². The summed E-state index contributed by atoms with van der Waals surface area (Å²) in [6.07, 6.45) is 5.20. The number of carbonyl (C=O) groups is 1. The first kappa shape index (κ1) is 21.0. The van der Waals surface area contributed by atoms with Crippen molar-refractivity contribution in [2.75, 3.05) is 32.7 Å². The molecule has 0 spiro atoms. The highest BCUT2D eigenvalue weighted by Gasteiger charge is 2.21. The monoisotopic (exact) mass is 416 g/mol. The molecule has 1 amide bonds. The van der Waals surface area contributed by atoms with Gasteiger partial charge in [-0.1, -0.05) is 77.5 Å². The van der Waals surface area contributed by atoms with Crippen LogP contribution in [0.3, 0.4) is 0 Å². The summed E-state index contributed by atoms with van der Waals surface area (Å²) in [5.41, 5.74) is 3.32. The number of rotatable bonds is 7. The van der Waals surface area contributed by atoms with Crippen LogP contribution < -0.4 is 0 Å². The van der Waals surface area contributed by atoms with Crippen LogP contribution in [0.5, 0.6) is 0 Å². The number of hydrogen-bond acceptors (Lipinski definition) is 5. The van der Waals surface area contributed by atoms with Crippen molar-refractivity contribution >= 4 is 12.0 Å². The zero-order valence-corrected chi connectivity index (χ0v) is 17.9. The highest BCUT2D eigenvalue weighted by molar-refractivity contribution is 5.76. The minimum absolute atomic E-state index is 0.148. The van der Waals surface area contributed by atoms with Crippen LogP contribution in [0.4, 0.5) is 0 Å². The molecule has 0 atom stereocenters. The number of nitrogens with zero attached hydrogens (tertiary/aromatic N) is 4. The molecule has 1 aliphatic heterocycles. The maximum absolute atomic E-state index is 12.6. The average molecular weight is 417 g/mol. The summed E-state index contributed by atoms with van der Waals surface area (Å²) in [7, 11) is 0. The Morgan fingerprint density at radius 1 is 1.03 bits per heavy atom. The quantitative estimate of drug-likeness (QED) is 0.586. The molecule has 31 heavy (non-hydrogen) atoms. The number of benzene rings is 2. The van der Waals surface area contributed by atoms with E-state index < -0.39 is 0 Å². The molecule has 1 fully saturated rings. The lowest BCUT2D eigenvalue weighted by atomic mass is 10.1. The van der Waals surface area contributed by atoms with E-state index in [1.807, 2.05) is 54.3 Å². The largest absolute Gasteiger partial charge is 0.340 e. The van der Waals surface area contributed by atoms with Crippen molar-refractivity contribution in [3.05, 3.63) is 77.7 Å². The number of amides is 1. The Hall–Kier alpha value is -3.25. The minimum atomic E-state index is 0.148. The second-order valence-electron chi connectivity index (χ2n) is 7.87. The lowest BCUT2D eigenvalue weighted by Crippen LogP contribution is -2.48. The second-order valence-corrected chi connectivity index (χ2v) is 7.87. The van der Waals surface area contributed by atoms with E-state index in [4.69, 9.17) is 4.52 Å². The molecule has 1 aromatic heterocycles. The molecule has 160 valence electrons. The summed E-state index contributed by atoms with van der Waals surface area (Å²) >= 11 is 0. The fourth-order valence-corrected chi connectivity index (χ4v) is 3.63. The molecule has 0 radical (unpaired) electrons. The normalized spacial score (nSPS) is 14.9. The summed E-state index contributed by atoms with van der Waals surface area (Å²) in [4.78, 5) is 21.3. The third kappa shape index (κ3) is 5.89. The standard InChI is InChI=1S/C25H28N4O2/c1-20-9-11-22(12-10-20)25-26-23(31-27-25)13-14-24(30)29-18-16-28(17-19-29)15-5-8-21-6-3-2-4-7-21/h2-12H,13-19H2,1H3/b8-5+. The molecule has 0 bridgehead atoms. The van der Waals surface area contributed by atoms with E-state index in [1.54, 1.807) is 0 Å². The number of aryl methyl sites for hydroxylation is 2. The van der Waals surface area contributed by atoms with Crippen molar-refractivity contribution in [3.63, 3.8) is 0 Å². The van der Waals surface area contributed by atoms with Gasteiger partial charge in [-0.15, -0.1) is 0 Å². The predicted octanol–water partition coefficient (Wildman–Crippen LogP) is 3.84. The van der Waals surface area contributed by atoms with Crippen LogP contribution in [0, 0.1) is 6.92 Å². The van der Waals surface area contributed by atoms with Crippen LogP contribution in [0.15, 0.2) is 65.2 Å². The molecule has 0 saturated carbocycles. The van der Waals surface area contributed by atoms with Crippen molar-refractivity contribution in [2.45, 2.75) is 19.8 Å². The summed E-state index contributed by atoms with van der Waals surface area (Å²) in [6.45, 7) is 6.25. The summed E-state index contributed by atoms with van der Waals surface area (Å²) in [5, 5.41) is 4.04. The molecule has 6 nitrogen and oxygen atoms in total.